The molecule has 1 aromatic rings. The van der Waals surface area contributed by atoms with E-state index in [9.17, 15) is 0 Å². The van der Waals surface area contributed by atoms with Gasteiger partial charge in [-0.25, -0.2) is 0 Å². The summed E-state index contributed by atoms with van der Waals surface area (Å²) in [5, 5.41) is 11.5. The molecule has 4 N–H and O–H groups in total. The molecular weight excluding hydrogens is 273 g/mol. The normalized spacial score (nSPS) is 9.62. The van der Waals surface area contributed by atoms with E-state index in [1.807, 2.05) is 0 Å². The van der Waals surface area contributed by atoms with Gasteiger partial charge >= 0.3 is 22.2 Å². The number of hydrogen-bond donors (Lipinski definition) is 1. The maximum absolute atomic E-state index is 7.72. The van der Waals surface area contributed by atoms with Crippen molar-refractivity contribution < 1.29 is 26.3 Å². The Morgan fingerprint density at radius 2 is 2.31 bits per heavy atom. The van der Waals surface area contributed by atoms with Gasteiger partial charge in [-0.3, -0.25) is 5.73 Å². The molecule has 0 aliphatic rings. The maximum Gasteiger partial charge on any atom is 2.00 e. The summed E-state index contributed by atoms with van der Waals surface area (Å²) in [5.74, 6) is 0.749. The fourth-order valence-electron chi connectivity index (χ4n) is 0.976. The summed E-state index contributed by atoms with van der Waals surface area (Å²) < 4.78 is 4.99. The Kier molecular flexibility index (Phi) is 6.64. The second kappa shape index (κ2) is 7.16. The summed E-state index contributed by atoms with van der Waals surface area (Å²) in [4.78, 5) is 0. The zero-order valence-electron chi connectivity index (χ0n) is 8.45. The number of nitrogens with two attached hydrogens (primary N) is 1. The first-order valence-corrected chi connectivity index (χ1v) is 4.54. The average molecular weight is 285 g/mol. The minimum Gasteiger partial charge on any atom is -0.590 e. The molecule has 1 rings (SSSR count). The molecule has 0 radical (unpaired) electrons. The third-order valence-electron chi connectivity index (χ3n) is 1.64. The monoisotopic (exact) mass is 284 g/mol. The molecule has 16 heavy (non-hydrogen) atoms. The number of methoxy groups -OCH3 is 1. The van der Waals surface area contributed by atoms with Crippen LogP contribution >= 0.6 is 0 Å². The van der Waals surface area contributed by atoms with E-state index in [0.29, 0.717) is 11.3 Å². The predicted molar refractivity (Wildman–Crippen MR) is 65.0 cm³/mol. The van der Waals surface area contributed by atoms with Crippen LogP contribution in [-0.4, -0.2) is 23.5 Å². The molecule has 0 aliphatic carbocycles. The van der Waals surface area contributed by atoms with Crippen molar-refractivity contribution in [1.29, 1.82) is 0 Å². The van der Waals surface area contributed by atoms with Crippen LogP contribution in [0.4, 0.5) is 0 Å². The quantitative estimate of drug-likeness (QED) is 0.214. The van der Waals surface area contributed by atoms with Gasteiger partial charge in [0.1, 0.15) is 0 Å². The summed E-state index contributed by atoms with van der Waals surface area (Å²) >= 11 is 3.75. The number of rotatable bonds is 3. The number of para-hydroxylation sites is 1. The van der Waals surface area contributed by atoms with Crippen molar-refractivity contribution in [1.82, 2.24) is 0 Å². The van der Waals surface area contributed by atoms with E-state index in [0.717, 1.165) is 0 Å². The van der Waals surface area contributed by atoms with Crippen LogP contribution in [0.3, 0.4) is 0 Å². The molecule has 0 heterocycles. The van der Waals surface area contributed by atoms with Gasteiger partial charge in [0.25, 0.3) is 0 Å². The van der Waals surface area contributed by atoms with Crippen LogP contribution in [0.2, 0.25) is 0 Å². The predicted octanol–water partition coefficient (Wildman–Crippen LogP) is 0.163. The first-order valence-electron chi connectivity index (χ1n) is 4.09. The molecule has 0 atom stereocenters. The Labute approximate surface area is 109 Å². The minimum atomic E-state index is 0. The largest absolute Gasteiger partial charge is 2.00 e. The van der Waals surface area contributed by atoms with Crippen LogP contribution in [0, 0.1) is 0 Å². The zero-order valence-corrected chi connectivity index (χ0v) is 10.3. The van der Waals surface area contributed by atoms with Crippen molar-refractivity contribution in [2.24, 2.45) is 10.8 Å². The standard InChI is InChI=1S/C9H11N3O2S.Ni/c1-14-7-4-2-3-6(8(7)13)5-11-12-9(10)15;/h2-5H,1H3,(H4,10,11,12,13,15);/q;+2/p+1. The van der Waals surface area contributed by atoms with Gasteiger partial charge in [0.15, 0.2) is 17.3 Å². The van der Waals surface area contributed by atoms with E-state index in [1.165, 1.54) is 13.3 Å². The Morgan fingerprint density at radius 3 is 2.88 bits per heavy atom. The van der Waals surface area contributed by atoms with Gasteiger partial charge in [-0.05, 0) is 12.1 Å². The van der Waals surface area contributed by atoms with Crippen molar-refractivity contribution >= 4 is 23.5 Å². The third kappa shape index (κ3) is 4.14. The molecule has 0 saturated heterocycles. The van der Waals surface area contributed by atoms with Gasteiger partial charge in [-0.2, -0.15) is 0 Å². The molecule has 0 aromatic heterocycles. The van der Waals surface area contributed by atoms with Crippen molar-refractivity contribution in [3.63, 3.8) is 0 Å². The Hall–Kier alpha value is -1.17. The molecule has 0 amide bonds. The number of hydrogen-bond acceptors (Lipinski definition) is 2. The Morgan fingerprint density at radius 1 is 1.62 bits per heavy atom. The fourth-order valence-corrected chi connectivity index (χ4v) is 1.03. The van der Waals surface area contributed by atoms with Crippen LogP contribution in [-0.2, 0) is 28.7 Å². The van der Waals surface area contributed by atoms with Crippen LogP contribution in [0.15, 0.2) is 23.3 Å². The second-order valence-corrected chi connectivity index (χ2v) is 3.09. The van der Waals surface area contributed by atoms with E-state index < -0.39 is 0 Å². The number of nitrogens with zero attached hydrogens (tertiary/aromatic N) is 2. The SMILES string of the molecule is COc1cccc(C=N[N-]C(N)=[SH+])c1[OH2+].[Ni+2]. The summed E-state index contributed by atoms with van der Waals surface area (Å²) in [6.07, 6.45) is 1.42. The summed E-state index contributed by atoms with van der Waals surface area (Å²) in [6.45, 7) is 0. The molecule has 0 aliphatic heterocycles. The number of benzene rings is 1. The van der Waals surface area contributed by atoms with Crippen molar-refractivity contribution in [2.45, 2.75) is 0 Å². The molecule has 0 unspecified atom stereocenters. The number of thiol groups is 1. The van der Waals surface area contributed by atoms with Gasteiger partial charge in [0.05, 0.1) is 12.7 Å². The molecule has 0 spiro atoms. The van der Waals surface area contributed by atoms with Gasteiger partial charge in [0.2, 0.25) is 5.75 Å². The molecule has 88 valence electrons. The van der Waals surface area contributed by atoms with Crippen LogP contribution in [0.1, 0.15) is 5.56 Å². The third-order valence-corrected chi connectivity index (χ3v) is 1.72. The van der Waals surface area contributed by atoms with Gasteiger partial charge in [-0.1, -0.05) is 6.07 Å². The molecule has 0 bridgehead atoms. The van der Waals surface area contributed by atoms with Crippen LogP contribution in [0.25, 0.3) is 5.43 Å². The van der Waals surface area contributed by atoms with Gasteiger partial charge in [-0.15, -0.1) is 0 Å². The molecule has 0 saturated carbocycles. The molecule has 7 heteroatoms. The van der Waals surface area contributed by atoms with E-state index in [4.69, 9.17) is 15.6 Å². The molecule has 0 fully saturated rings. The van der Waals surface area contributed by atoms with E-state index in [-0.39, 0.29) is 27.4 Å². The molecular formula is C9H12N3NiO2S+3. The van der Waals surface area contributed by atoms with Crippen LogP contribution in [0.5, 0.6) is 11.5 Å². The summed E-state index contributed by atoms with van der Waals surface area (Å²) in [6, 6.07) is 5.21. The summed E-state index contributed by atoms with van der Waals surface area (Å²) in [7, 11) is 1.51. The topological polar surface area (TPSA) is 84.6 Å². The van der Waals surface area contributed by atoms with Gasteiger partial charge in [0, 0.05) is 6.21 Å². The molecule has 1 aromatic carbocycles. The average Bonchev–Trinajstić information content (AvgIpc) is 2.20. The number of ether oxygens (including phenoxy) is 1. The Balaban J connectivity index is 0.00000225. The maximum atomic E-state index is 7.72. The van der Waals surface area contributed by atoms with Crippen molar-refractivity contribution in [3.05, 3.63) is 29.2 Å². The second-order valence-electron chi connectivity index (χ2n) is 2.63. The van der Waals surface area contributed by atoms with E-state index in [1.54, 1.807) is 18.2 Å². The first kappa shape index (κ1) is 14.8. The Bertz CT molecular complexity index is 398. The first-order chi connectivity index (χ1) is 7.15. The van der Waals surface area contributed by atoms with E-state index in [2.05, 4.69) is 22.7 Å². The smallest absolute Gasteiger partial charge is 0.590 e. The fraction of sp³-hybridized carbons (Fsp3) is 0.111. The van der Waals surface area contributed by atoms with Crippen molar-refractivity contribution in [2.75, 3.05) is 7.11 Å². The zero-order chi connectivity index (χ0) is 11.3. The molecule has 5 nitrogen and oxygen atoms in total. The van der Waals surface area contributed by atoms with Crippen LogP contribution < -0.4 is 10.5 Å². The minimum absolute atomic E-state index is 0. The van der Waals surface area contributed by atoms with E-state index >= 15 is 0 Å². The van der Waals surface area contributed by atoms with Gasteiger partial charge < -0.3 is 20.4 Å². The van der Waals surface area contributed by atoms with Crippen molar-refractivity contribution in [3.8, 4) is 11.5 Å². The summed E-state index contributed by atoms with van der Waals surface area (Å²) in [5.41, 5.74) is 9.30.